The highest BCUT2D eigenvalue weighted by molar-refractivity contribution is 5.81. The van der Waals surface area contributed by atoms with Gasteiger partial charge in [-0.3, -0.25) is 0 Å². The number of hydrogen-bond donors (Lipinski definition) is 0. The third-order valence-electron chi connectivity index (χ3n) is 4.27. The van der Waals surface area contributed by atoms with Crippen LogP contribution in [-0.2, 0) is 24.5 Å². The van der Waals surface area contributed by atoms with E-state index >= 15 is 0 Å². The number of hydrogen-bond acceptors (Lipinski definition) is 6. The lowest BCUT2D eigenvalue weighted by atomic mass is 9.87. The van der Waals surface area contributed by atoms with E-state index in [-0.39, 0.29) is 18.6 Å². The molecule has 6 heteroatoms. The molecule has 0 heterocycles. The number of ether oxygens (including phenoxy) is 4. The molecule has 0 saturated heterocycles. The van der Waals surface area contributed by atoms with Gasteiger partial charge < -0.3 is 18.9 Å². The Morgan fingerprint density at radius 1 is 0.727 bits per heavy atom. The van der Waals surface area contributed by atoms with Crippen molar-refractivity contribution in [3.8, 4) is 11.5 Å². The van der Waals surface area contributed by atoms with Gasteiger partial charge in [0.15, 0.2) is 0 Å². The van der Waals surface area contributed by atoms with E-state index in [0.717, 1.165) is 23.7 Å². The molecule has 0 aliphatic carbocycles. The van der Waals surface area contributed by atoms with Crippen LogP contribution in [-0.4, -0.2) is 38.4 Å². The van der Waals surface area contributed by atoms with Gasteiger partial charge in [0, 0.05) is 12.2 Å². The minimum atomic E-state index is -0.429. The van der Waals surface area contributed by atoms with Gasteiger partial charge in [0.2, 0.25) is 0 Å². The summed E-state index contributed by atoms with van der Waals surface area (Å²) in [6.45, 7) is 16.3. The van der Waals surface area contributed by atoms with Crippen LogP contribution < -0.4 is 9.47 Å². The number of carbonyl (C=O) groups excluding carboxylic acids is 2. The van der Waals surface area contributed by atoms with Crippen LogP contribution in [0.1, 0.15) is 31.9 Å². The second-order valence-electron chi connectivity index (χ2n) is 8.03. The molecule has 2 rings (SSSR count). The van der Waals surface area contributed by atoms with Crippen molar-refractivity contribution in [2.45, 2.75) is 33.1 Å². The van der Waals surface area contributed by atoms with Gasteiger partial charge in [-0.2, -0.15) is 0 Å². The Bertz CT molecular complexity index is 876. The molecule has 0 N–H and O–H groups in total. The standard InChI is InChI=1S/C15H20O3.C12H14O3/c1-5-14(16)18-11-10-17-13-8-6-12(7-9-13)15(2,3)4;1-3-12(13)15-9-8-14-11-6-4-10(2)5-7-11/h5-9H,1,10-11H2,2-4H3;3-7H,1,8-9H2,2H3. The molecule has 0 amide bonds. The summed E-state index contributed by atoms with van der Waals surface area (Å²) in [6, 6.07) is 15.6. The van der Waals surface area contributed by atoms with Crippen molar-refractivity contribution in [3.63, 3.8) is 0 Å². The van der Waals surface area contributed by atoms with E-state index in [2.05, 4.69) is 33.9 Å². The summed E-state index contributed by atoms with van der Waals surface area (Å²) in [5.41, 5.74) is 2.58. The van der Waals surface area contributed by atoms with Crippen molar-refractivity contribution in [1.82, 2.24) is 0 Å². The summed E-state index contributed by atoms with van der Waals surface area (Å²) in [4.78, 5) is 21.5. The van der Waals surface area contributed by atoms with Gasteiger partial charge in [-0.05, 0) is 42.2 Å². The first-order valence-corrected chi connectivity index (χ1v) is 10.7. The van der Waals surface area contributed by atoms with Gasteiger partial charge in [-0.25, -0.2) is 9.59 Å². The summed E-state index contributed by atoms with van der Waals surface area (Å²) < 4.78 is 20.4. The third-order valence-corrected chi connectivity index (χ3v) is 4.27. The van der Waals surface area contributed by atoms with E-state index in [1.165, 1.54) is 11.1 Å². The molecule has 0 aliphatic heterocycles. The zero-order chi connectivity index (χ0) is 24.7. The maximum atomic E-state index is 10.8. The Morgan fingerprint density at radius 2 is 1.12 bits per heavy atom. The average molecular weight is 455 g/mol. The number of esters is 2. The van der Waals surface area contributed by atoms with Crippen molar-refractivity contribution in [1.29, 1.82) is 0 Å². The van der Waals surface area contributed by atoms with Crippen molar-refractivity contribution in [2.75, 3.05) is 26.4 Å². The third kappa shape index (κ3) is 12.2. The minimum Gasteiger partial charge on any atom is -0.490 e. The molecule has 0 saturated carbocycles. The smallest absolute Gasteiger partial charge is 0.330 e. The number of carbonyl (C=O) groups is 2. The van der Waals surface area contributed by atoms with Crippen LogP contribution in [0, 0.1) is 6.92 Å². The maximum absolute atomic E-state index is 10.8. The number of aryl methyl sites for hydroxylation is 1. The fourth-order valence-electron chi connectivity index (χ4n) is 2.41. The summed E-state index contributed by atoms with van der Waals surface area (Å²) in [6.07, 6.45) is 2.27. The molecule has 6 nitrogen and oxygen atoms in total. The molecule has 0 bridgehead atoms. The molecule has 0 fully saturated rings. The van der Waals surface area contributed by atoms with Crippen LogP contribution in [0.5, 0.6) is 11.5 Å². The van der Waals surface area contributed by atoms with Crippen molar-refractivity contribution in [2.24, 2.45) is 0 Å². The van der Waals surface area contributed by atoms with E-state index in [1.807, 2.05) is 55.5 Å². The molecule has 0 spiro atoms. The summed E-state index contributed by atoms with van der Waals surface area (Å²) in [7, 11) is 0. The molecule has 33 heavy (non-hydrogen) atoms. The van der Waals surface area contributed by atoms with Crippen molar-refractivity contribution in [3.05, 3.63) is 85.0 Å². The largest absolute Gasteiger partial charge is 0.490 e. The maximum Gasteiger partial charge on any atom is 0.330 e. The highest BCUT2D eigenvalue weighted by atomic mass is 16.6. The lowest BCUT2D eigenvalue weighted by Gasteiger charge is -2.19. The molecule has 2 aromatic rings. The molecule has 0 unspecified atom stereocenters. The van der Waals surface area contributed by atoms with E-state index in [9.17, 15) is 9.59 Å². The predicted molar refractivity (Wildman–Crippen MR) is 130 cm³/mol. The predicted octanol–water partition coefficient (Wildman–Crippen LogP) is 5.20. The zero-order valence-corrected chi connectivity index (χ0v) is 20.0. The van der Waals surface area contributed by atoms with Crippen LogP contribution in [0.15, 0.2) is 73.8 Å². The monoisotopic (exact) mass is 454 g/mol. The summed E-state index contributed by atoms with van der Waals surface area (Å²) in [5, 5.41) is 0. The first-order valence-electron chi connectivity index (χ1n) is 10.7. The highest BCUT2D eigenvalue weighted by Gasteiger charge is 2.12. The van der Waals surface area contributed by atoms with Gasteiger partial charge >= 0.3 is 11.9 Å². The van der Waals surface area contributed by atoms with Gasteiger partial charge in [-0.1, -0.05) is 63.8 Å². The van der Waals surface area contributed by atoms with Crippen LogP contribution in [0.4, 0.5) is 0 Å². The first-order chi connectivity index (χ1) is 15.7. The molecular formula is C27H34O6. The first kappa shape index (κ1) is 27.5. The second-order valence-corrected chi connectivity index (χ2v) is 8.03. The van der Waals surface area contributed by atoms with E-state index in [1.54, 1.807) is 0 Å². The van der Waals surface area contributed by atoms with Crippen LogP contribution in [0.2, 0.25) is 0 Å². The molecule has 0 atom stereocenters. The zero-order valence-electron chi connectivity index (χ0n) is 20.0. The highest BCUT2D eigenvalue weighted by Crippen LogP contribution is 2.24. The Balaban J connectivity index is 0.000000335. The molecule has 0 aliphatic rings. The van der Waals surface area contributed by atoms with Crippen LogP contribution in [0.3, 0.4) is 0 Å². The normalized spacial score (nSPS) is 10.2. The van der Waals surface area contributed by atoms with Gasteiger partial charge in [0.05, 0.1) is 0 Å². The van der Waals surface area contributed by atoms with Crippen LogP contribution in [0.25, 0.3) is 0 Å². The van der Waals surface area contributed by atoms with Gasteiger partial charge in [0.25, 0.3) is 0 Å². The van der Waals surface area contributed by atoms with Crippen molar-refractivity contribution >= 4 is 11.9 Å². The fraction of sp³-hybridized carbons (Fsp3) is 0.333. The van der Waals surface area contributed by atoms with E-state index in [0.29, 0.717) is 13.2 Å². The van der Waals surface area contributed by atoms with Crippen molar-refractivity contribution < 1.29 is 28.5 Å². The lowest BCUT2D eigenvalue weighted by molar-refractivity contribution is -0.139. The summed E-state index contributed by atoms with van der Waals surface area (Å²) >= 11 is 0. The lowest BCUT2D eigenvalue weighted by Crippen LogP contribution is -2.12. The Hall–Kier alpha value is -3.54. The average Bonchev–Trinajstić information content (AvgIpc) is 2.80. The molecule has 178 valence electrons. The SMILES string of the molecule is C=CC(=O)OCCOc1ccc(C(C)(C)C)cc1.C=CC(=O)OCCOc1ccc(C)cc1. The van der Waals surface area contributed by atoms with Crippen LogP contribution >= 0.6 is 0 Å². The topological polar surface area (TPSA) is 71.1 Å². The Labute approximate surface area is 196 Å². The molecular weight excluding hydrogens is 420 g/mol. The Kier molecular flexibility index (Phi) is 12.1. The second kappa shape index (κ2) is 14.5. The van der Waals surface area contributed by atoms with Gasteiger partial charge in [-0.15, -0.1) is 0 Å². The summed E-state index contributed by atoms with van der Waals surface area (Å²) in [5.74, 6) is 0.692. The van der Waals surface area contributed by atoms with Gasteiger partial charge in [0.1, 0.15) is 37.9 Å². The fourth-order valence-corrected chi connectivity index (χ4v) is 2.41. The quantitative estimate of drug-likeness (QED) is 0.279. The molecule has 0 radical (unpaired) electrons. The van der Waals surface area contributed by atoms with E-state index < -0.39 is 11.9 Å². The number of rotatable bonds is 10. The molecule has 0 aromatic heterocycles. The number of benzene rings is 2. The van der Waals surface area contributed by atoms with E-state index in [4.69, 9.17) is 18.9 Å². The molecule has 2 aromatic carbocycles. The Morgan fingerprint density at radius 3 is 1.48 bits per heavy atom. The minimum absolute atomic E-state index is 0.137.